The van der Waals surface area contributed by atoms with Gasteiger partial charge in [-0.2, -0.15) is 0 Å². The zero-order valence-corrected chi connectivity index (χ0v) is 9.77. The highest BCUT2D eigenvalue weighted by Gasteiger charge is 1.99. The summed E-state index contributed by atoms with van der Waals surface area (Å²) < 4.78 is 4.82. The van der Waals surface area contributed by atoms with Gasteiger partial charge in [0.05, 0.1) is 6.61 Å². The molecule has 1 amide bonds. The van der Waals surface area contributed by atoms with Crippen LogP contribution in [-0.4, -0.2) is 39.3 Å². The lowest BCUT2D eigenvalue weighted by Gasteiger charge is -2.06. The summed E-state index contributed by atoms with van der Waals surface area (Å²) in [5.74, 6) is 0.0571. The van der Waals surface area contributed by atoms with E-state index in [1.165, 1.54) is 0 Å². The highest BCUT2D eigenvalue weighted by Crippen LogP contribution is 1.92. The Kier molecular flexibility index (Phi) is 9.11. The van der Waals surface area contributed by atoms with Crippen molar-refractivity contribution in [2.24, 2.45) is 0 Å². The van der Waals surface area contributed by atoms with Crippen molar-refractivity contribution in [3.05, 3.63) is 12.2 Å². The molecule has 0 saturated heterocycles. The third-order valence-corrected chi connectivity index (χ3v) is 2.03. The Bertz CT molecular complexity index is 193. The van der Waals surface area contributed by atoms with E-state index < -0.39 is 0 Å². The zero-order valence-electron chi connectivity index (χ0n) is 9.77. The fourth-order valence-corrected chi connectivity index (χ4v) is 0.973. The number of hydrogen-bond acceptors (Lipinski definition) is 3. The minimum atomic E-state index is 0.0571. The quantitative estimate of drug-likeness (QED) is 0.439. The number of methoxy groups -OCH3 is 1. The lowest BCUT2D eigenvalue weighted by Crippen LogP contribution is -2.30. The summed E-state index contributed by atoms with van der Waals surface area (Å²) >= 11 is 0. The summed E-state index contributed by atoms with van der Waals surface area (Å²) in [6, 6.07) is 0. The molecule has 0 spiro atoms. The Morgan fingerprint density at radius 3 is 2.73 bits per heavy atom. The van der Waals surface area contributed by atoms with E-state index in [1.54, 1.807) is 7.11 Å². The van der Waals surface area contributed by atoms with Crippen molar-refractivity contribution in [2.75, 3.05) is 33.4 Å². The summed E-state index contributed by atoms with van der Waals surface area (Å²) in [6.45, 7) is 8.57. The van der Waals surface area contributed by atoms with Gasteiger partial charge in [0.2, 0.25) is 5.91 Å². The summed E-state index contributed by atoms with van der Waals surface area (Å²) in [5.41, 5.74) is 1.16. The molecule has 4 nitrogen and oxygen atoms in total. The number of nitrogens with one attached hydrogen (secondary N) is 2. The van der Waals surface area contributed by atoms with Gasteiger partial charge in [-0.3, -0.25) is 4.79 Å². The van der Waals surface area contributed by atoms with Crippen LogP contribution < -0.4 is 10.6 Å². The molecule has 0 bridgehead atoms. The number of hydrogen-bond donors (Lipinski definition) is 2. The molecule has 0 unspecified atom stereocenters. The van der Waals surface area contributed by atoms with Crippen LogP contribution in [-0.2, 0) is 9.53 Å². The minimum Gasteiger partial charge on any atom is -0.383 e. The fraction of sp³-hybridized carbons (Fsp3) is 0.727. The van der Waals surface area contributed by atoms with Crippen LogP contribution in [0.2, 0.25) is 0 Å². The molecule has 0 aromatic carbocycles. The second-order valence-electron chi connectivity index (χ2n) is 3.37. The van der Waals surface area contributed by atoms with Gasteiger partial charge in [0.25, 0.3) is 0 Å². The topological polar surface area (TPSA) is 50.4 Å². The average molecular weight is 214 g/mol. The first-order valence-corrected chi connectivity index (χ1v) is 5.33. The molecule has 0 fully saturated rings. The molecule has 0 aromatic heterocycles. The van der Waals surface area contributed by atoms with E-state index in [1.807, 2.05) is 0 Å². The number of amides is 1. The Morgan fingerprint density at radius 2 is 2.13 bits per heavy atom. The second-order valence-corrected chi connectivity index (χ2v) is 3.37. The van der Waals surface area contributed by atoms with Crippen LogP contribution >= 0.6 is 0 Å². The van der Waals surface area contributed by atoms with Gasteiger partial charge < -0.3 is 15.4 Å². The maximum Gasteiger partial charge on any atom is 0.221 e. The molecule has 0 radical (unpaired) electrons. The monoisotopic (exact) mass is 214 g/mol. The van der Waals surface area contributed by atoms with Crippen molar-refractivity contribution in [3.8, 4) is 0 Å². The van der Waals surface area contributed by atoms with E-state index in [9.17, 15) is 4.79 Å². The molecule has 0 aliphatic rings. The third kappa shape index (κ3) is 9.43. The van der Waals surface area contributed by atoms with Crippen LogP contribution in [0.25, 0.3) is 0 Å². The molecule has 0 atom stereocenters. The molecular weight excluding hydrogens is 192 g/mol. The minimum absolute atomic E-state index is 0.0571. The van der Waals surface area contributed by atoms with Gasteiger partial charge in [-0.25, -0.2) is 0 Å². The first kappa shape index (κ1) is 14.1. The van der Waals surface area contributed by atoms with Gasteiger partial charge in [0, 0.05) is 33.2 Å². The Hall–Kier alpha value is -0.870. The van der Waals surface area contributed by atoms with Gasteiger partial charge in [-0.05, 0) is 6.42 Å². The molecule has 15 heavy (non-hydrogen) atoms. The standard InChI is InChI=1S/C11H22N2O2/c1-4-10(2)9-12-6-5-11(14)13-7-8-15-3/h12H,2,4-9H2,1,3H3,(H,13,14). The van der Waals surface area contributed by atoms with E-state index in [4.69, 9.17) is 4.74 Å². The third-order valence-electron chi connectivity index (χ3n) is 2.03. The second kappa shape index (κ2) is 9.68. The highest BCUT2D eigenvalue weighted by molar-refractivity contribution is 5.75. The van der Waals surface area contributed by atoms with Crippen molar-refractivity contribution in [1.82, 2.24) is 10.6 Å². The smallest absolute Gasteiger partial charge is 0.221 e. The van der Waals surface area contributed by atoms with E-state index in [2.05, 4.69) is 24.1 Å². The SMILES string of the molecule is C=C(CC)CNCCC(=O)NCCOC. The van der Waals surface area contributed by atoms with Crippen molar-refractivity contribution in [2.45, 2.75) is 19.8 Å². The van der Waals surface area contributed by atoms with Crippen LogP contribution in [0.1, 0.15) is 19.8 Å². The van der Waals surface area contributed by atoms with Crippen molar-refractivity contribution < 1.29 is 9.53 Å². The van der Waals surface area contributed by atoms with Crippen molar-refractivity contribution in [1.29, 1.82) is 0 Å². The van der Waals surface area contributed by atoms with E-state index >= 15 is 0 Å². The molecule has 4 heteroatoms. The van der Waals surface area contributed by atoms with Crippen LogP contribution in [0.4, 0.5) is 0 Å². The van der Waals surface area contributed by atoms with Crippen LogP contribution in [0, 0.1) is 0 Å². The molecule has 0 aliphatic carbocycles. The average Bonchev–Trinajstić information content (AvgIpc) is 2.24. The van der Waals surface area contributed by atoms with E-state index in [0.717, 1.165) is 18.5 Å². The first-order chi connectivity index (χ1) is 7.20. The highest BCUT2D eigenvalue weighted by atomic mass is 16.5. The van der Waals surface area contributed by atoms with Gasteiger partial charge >= 0.3 is 0 Å². The Balaban J connectivity index is 3.27. The number of rotatable bonds is 9. The molecular formula is C11H22N2O2. The Morgan fingerprint density at radius 1 is 1.40 bits per heavy atom. The Labute approximate surface area is 92.1 Å². The summed E-state index contributed by atoms with van der Waals surface area (Å²) in [4.78, 5) is 11.2. The zero-order chi connectivity index (χ0) is 11.5. The van der Waals surface area contributed by atoms with Gasteiger partial charge in [0.1, 0.15) is 0 Å². The maximum atomic E-state index is 11.2. The van der Waals surface area contributed by atoms with E-state index in [0.29, 0.717) is 26.1 Å². The normalized spacial score (nSPS) is 10.0. The summed E-state index contributed by atoms with van der Waals surface area (Å²) in [5, 5.41) is 5.93. The van der Waals surface area contributed by atoms with Crippen molar-refractivity contribution >= 4 is 5.91 Å². The van der Waals surface area contributed by atoms with Gasteiger partial charge in [0.15, 0.2) is 0 Å². The largest absolute Gasteiger partial charge is 0.383 e. The fourth-order valence-electron chi connectivity index (χ4n) is 0.973. The van der Waals surface area contributed by atoms with Crippen LogP contribution in [0.5, 0.6) is 0 Å². The van der Waals surface area contributed by atoms with E-state index in [-0.39, 0.29) is 5.91 Å². The van der Waals surface area contributed by atoms with Crippen LogP contribution in [0.3, 0.4) is 0 Å². The molecule has 0 aromatic rings. The van der Waals surface area contributed by atoms with Gasteiger partial charge in [-0.15, -0.1) is 0 Å². The molecule has 0 aliphatic heterocycles. The number of carbonyl (C=O) groups excluding carboxylic acids is 1. The molecule has 88 valence electrons. The molecule has 0 saturated carbocycles. The van der Waals surface area contributed by atoms with Crippen LogP contribution in [0.15, 0.2) is 12.2 Å². The predicted molar refractivity (Wildman–Crippen MR) is 61.8 cm³/mol. The first-order valence-electron chi connectivity index (χ1n) is 5.33. The molecule has 0 rings (SSSR count). The van der Waals surface area contributed by atoms with Crippen molar-refractivity contribution in [3.63, 3.8) is 0 Å². The lowest BCUT2D eigenvalue weighted by molar-refractivity contribution is -0.121. The summed E-state index contributed by atoms with van der Waals surface area (Å²) in [7, 11) is 1.62. The summed E-state index contributed by atoms with van der Waals surface area (Å²) in [6.07, 6.45) is 1.48. The lowest BCUT2D eigenvalue weighted by atomic mass is 10.2. The molecule has 2 N–H and O–H groups in total. The van der Waals surface area contributed by atoms with Gasteiger partial charge in [-0.1, -0.05) is 19.1 Å². The predicted octanol–water partition coefficient (Wildman–Crippen LogP) is 0.695. The number of ether oxygens (including phenoxy) is 1. The maximum absolute atomic E-state index is 11.2. The number of carbonyl (C=O) groups is 1. The molecule has 0 heterocycles.